The van der Waals surface area contributed by atoms with Gasteiger partial charge in [-0.05, 0) is 5.53 Å². The predicted molar refractivity (Wildman–Crippen MR) is 28.0 cm³/mol. The second-order valence-electron chi connectivity index (χ2n) is 0.904. The fraction of sp³-hybridized carbons (Fsp3) is 0. The smallest absolute Gasteiger partial charge is 0.194 e. The zero-order valence-corrected chi connectivity index (χ0v) is 6.38. The molecule has 7 heteroatoms. The van der Waals surface area contributed by atoms with Gasteiger partial charge in [-0.15, -0.1) is 0 Å². The van der Waals surface area contributed by atoms with Crippen molar-refractivity contribution in [2.24, 2.45) is 4.52 Å². The van der Waals surface area contributed by atoms with Gasteiger partial charge in [0, 0.05) is 9.43 Å². The highest BCUT2D eigenvalue weighted by Crippen LogP contribution is 1.79. The van der Waals surface area contributed by atoms with Gasteiger partial charge in [0.1, 0.15) is 0 Å². The standard InChI is InChI=1S/H3N3O2SSi/c1-2-3-6(4,5)7/h7H3. The molecule has 0 aliphatic rings. The molecule has 0 unspecified atom stereocenters. The number of hydrogen-bond donors (Lipinski definition) is 0. The summed E-state index contributed by atoms with van der Waals surface area (Å²) < 4.78 is 22.2. The van der Waals surface area contributed by atoms with E-state index in [2.05, 4.69) is 9.43 Å². The first-order valence-electron chi connectivity index (χ1n) is 1.32. The minimum Gasteiger partial charge on any atom is -0.230 e. The third kappa shape index (κ3) is 5.48. The largest absolute Gasteiger partial charge is 0.230 e. The van der Waals surface area contributed by atoms with E-state index >= 15 is 0 Å². The Morgan fingerprint density at radius 2 is 2.14 bits per heavy atom. The molecule has 0 spiro atoms. The van der Waals surface area contributed by atoms with Gasteiger partial charge in [0.2, 0.25) is 0 Å². The molecule has 0 aromatic heterocycles. The summed E-state index contributed by atoms with van der Waals surface area (Å²) in [6.07, 6.45) is 0. The van der Waals surface area contributed by atoms with Crippen molar-refractivity contribution >= 4 is 18.9 Å². The van der Waals surface area contributed by atoms with Crippen molar-refractivity contribution in [1.29, 1.82) is 0 Å². The normalized spacial score (nSPS) is 10.3. The molecule has 0 atom stereocenters. The lowest BCUT2D eigenvalue weighted by atomic mass is 13.0. The van der Waals surface area contributed by atoms with Crippen LogP contribution >= 0.6 is 0 Å². The van der Waals surface area contributed by atoms with E-state index in [1.165, 1.54) is 0 Å². The average Bonchev–Trinajstić information content (AvgIpc) is 1.30. The molecule has 0 aromatic rings. The van der Waals surface area contributed by atoms with Crippen LogP contribution in [-0.2, 0) is 9.47 Å². The molecule has 0 radical (unpaired) electrons. The SMILES string of the molecule is [N-]=[N+]=NS(=O)(=O)[SiH3]. The third-order valence-electron chi connectivity index (χ3n) is 0.185. The fourth-order valence-electron chi connectivity index (χ4n) is 0.0663. The van der Waals surface area contributed by atoms with E-state index in [4.69, 9.17) is 5.53 Å². The lowest BCUT2D eigenvalue weighted by Gasteiger charge is -1.72. The molecule has 40 valence electrons. The van der Waals surface area contributed by atoms with Gasteiger partial charge >= 0.3 is 0 Å². The summed E-state index contributed by atoms with van der Waals surface area (Å²) >= 11 is 0. The Hall–Kier alpha value is -0.523. The maximum atomic E-state index is 9.87. The van der Waals surface area contributed by atoms with Crippen LogP contribution in [0.5, 0.6) is 0 Å². The van der Waals surface area contributed by atoms with Gasteiger partial charge in [-0.25, -0.2) is 8.42 Å². The van der Waals surface area contributed by atoms with E-state index in [1.807, 2.05) is 0 Å². The maximum absolute atomic E-state index is 9.87. The first-order valence-corrected chi connectivity index (χ1v) is 5.62. The molecule has 0 fully saturated rings. The molecule has 0 N–H and O–H groups in total. The van der Waals surface area contributed by atoms with Crippen LogP contribution in [0.4, 0.5) is 0 Å². The first-order chi connectivity index (χ1) is 3.06. The molecule has 5 nitrogen and oxygen atoms in total. The average molecular weight is 137 g/mol. The summed E-state index contributed by atoms with van der Waals surface area (Å²) in [6, 6.07) is 0. The predicted octanol–water partition coefficient (Wildman–Crippen LogP) is -1.09. The van der Waals surface area contributed by atoms with Crippen LogP contribution < -0.4 is 0 Å². The van der Waals surface area contributed by atoms with Crippen molar-refractivity contribution in [2.45, 2.75) is 0 Å². The number of hydrogen-bond acceptors (Lipinski definition) is 2. The number of nitrogens with zero attached hydrogens (tertiary/aromatic N) is 3. The molecule has 0 saturated carbocycles. The second-order valence-corrected chi connectivity index (χ2v) is 5.63. The quantitative estimate of drug-likeness (QED) is 0.199. The zero-order chi connectivity index (χ0) is 5.91. The summed E-state index contributed by atoms with van der Waals surface area (Å²) in [5.41, 5.74) is 7.50. The summed E-state index contributed by atoms with van der Waals surface area (Å²) in [7, 11) is -3.44. The first kappa shape index (κ1) is 6.48. The maximum Gasteiger partial charge on any atom is 0.194 e. The Morgan fingerprint density at radius 3 is 2.14 bits per heavy atom. The molecular weight excluding hydrogens is 134 g/mol. The van der Waals surface area contributed by atoms with Gasteiger partial charge in [-0.2, -0.15) is 0 Å². The van der Waals surface area contributed by atoms with Gasteiger partial charge in [-0.1, -0.05) is 0 Å². The molecule has 0 amide bonds. The van der Waals surface area contributed by atoms with Crippen LogP contribution in [0.25, 0.3) is 10.4 Å². The van der Waals surface area contributed by atoms with Gasteiger partial charge in [0.15, 0.2) is 18.9 Å². The molecule has 0 bridgehead atoms. The summed E-state index contributed by atoms with van der Waals surface area (Å²) in [5, 5.41) is 0. The van der Waals surface area contributed by atoms with E-state index in [-0.39, 0.29) is 9.39 Å². The molecule has 0 aromatic carbocycles. The van der Waals surface area contributed by atoms with Crippen molar-refractivity contribution in [3.05, 3.63) is 10.4 Å². The van der Waals surface area contributed by atoms with Crippen LogP contribution in [0.15, 0.2) is 4.52 Å². The van der Waals surface area contributed by atoms with E-state index in [1.54, 1.807) is 0 Å². The van der Waals surface area contributed by atoms with Gasteiger partial charge in [-0.3, -0.25) is 0 Å². The molecule has 0 rings (SSSR count). The van der Waals surface area contributed by atoms with Crippen LogP contribution in [-0.4, -0.2) is 17.8 Å². The summed E-state index contributed by atoms with van der Waals surface area (Å²) in [5.74, 6) is 0. The van der Waals surface area contributed by atoms with Crippen molar-refractivity contribution in [2.75, 3.05) is 0 Å². The Balaban J connectivity index is 4.44. The number of rotatable bonds is 1. The molecule has 0 aliphatic carbocycles. The second kappa shape index (κ2) is 1.96. The lowest BCUT2D eigenvalue weighted by Crippen LogP contribution is -1.87. The van der Waals surface area contributed by atoms with Crippen LogP contribution in [0, 0.1) is 0 Å². The summed E-state index contributed by atoms with van der Waals surface area (Å²) in [6.45, 7) is 0. The van der Waals surface area contributed by atoms with Crippen LogP contribution in [0.2, 0.25) is 0 Å². The Kier molecular flexibility index (Phi) is 1.82. The number of azide groups is 1. The summed E-state index contributed by atoms with van der Waals surface area (Å²) in [4.78, 5) is 2.08. The Labute approximate surface area is 43.1 Å². The highest BCUT2D eigenvalue weighted by molar-refractivity contribution is 8.11. The minimum absolute atomic E-state index is 0.110. The molecule has 0 saturated heterocycles. The van der Waals surface area contributed by atoms with Crippen molar-refractivity contribution < 1.29 is 8.42 Å². The van der Waals surface area contributed by atoms with Crippen LogP contribution in [0.3, 0.4) is 0 Å². The third-order valence-corrected chi connectivity index (χ3v) is 1.04. The van der Waals surface area contributed by atoms with Crippen LogP contribution in [0.1, 0.15) is 0 Å². The fourth-order valence-corrected chi connectivity index (χ4v) is 0.418. The highest BCUT2D eigenvalue weighted by atomic mass is 32.4. The monoisotopic (exact) mass is 137 g/mol. The van der Waals surface area contributed by atoms with Crippen molar-refractivity contribution in [3.63, 3.8) is 0 Å². The van der Waals surface area contributed by atoms with Gasteiger partial charge in [0.05, 0.1) is 0 Å². The molecule has 7 heavy (non-hydrogen) atoms. The van der Waals surface area contributed by atoms with Crippen molar-refractivity contribution in [1.82, 2.24) is 0 Å². The molecular formula is H3N3O2SSi. The topological polar surface area (TPSA) is 82.9 Å². The highest BCUT2D eigenvalue weighted by Gasteiger charge is 1.89. The molecule has 0 aliphatic heterocycles. The minimum atomic E-state index is -3.33. The van der Waals surface area contributed by atoms with E-state index in [0.717, 1.165) is 0 Å². The molecule has 0 heterocycles. The zero-order valence-electron chi connectivity index (χ0n) is 3.57. The Bertz CT molecular complexity index is 185. The van der Waals surface area contributed by atoms with E-state index in [9.17, 15) is 8.42 Å². The van der Waals surface area contributed by atoms with E-state index < -0.39 is 9.47 Å². The van der Waals surface area contributed by atoms with Gasteiger partial charge < -0.3 is 0 Å². The lowest BCUT2D eigenvalue weighted by molar-refractivity contribution is 0.610. The van der Waals surface area contributed by atoms with Gasteiger partial charge in [0.25, 0.3) is 0 Å². The van der Waals surface area contributed by atoms with Crippen molar-refractivity contribution in [3.8, 4) is 0 Å². The Morgan fingerprint density at radius 1 is 1.71 bits per heavy atom. The van der Waals surface area contributed by atoms with E-state index in [0.29, 0.717) is 0 Å².